The van der Waals surface area contributed by atoms with Crippen LogP contribution in [0, 0.1) is 5.41 Å². The van der Waals surface area contributed by atoms with Crippen molar-refractivity contribution in [3.8, 4) is 0 Å². The molecule has 1 unspecified atom stereocenters. The van der Waals surface area contributed by atoms with E-state index in [1.54, 1.807) is 6.92 Å². The fourth-order valence-corrected chi connectivity index (χ4v) is 1.81. The highest BCUT2D eigenvalue weighted by Crippen LogP contribution is 2.26. The minimum atomic E-state index is -1.53. The molecule has 0 spiro atoms. The fourth-order valence-electron chi connectivity index (χ4n) is 1.81. The van der Waals surface area contributed by atoms with E-state index in [-0.39, 0.29) is 24.6 Å². The summed E-state index contributed by atoms with van der Waals surface area (Å²) in [6.45, 7) is 5.60. The average molecular weight is 296 g/mol. The molecule has 0 bridgehead atoms. The highest BCUT2D eigenvalue weighted by atomic mass is 16.5. The van der Waals surface area contributed by atoms with E-state index in [9.17, 15) is 24.0 Å². The van der Waals surface area contributed by atoms with Gasteiger partial charge in [0.15, 0.2) is 29.4 Å². The van der Waals surface area contributed by atoms with Gasteiger partial charge in [0.25, 0.3) is 0 Å². The molecule has 2 aliphatic rings. The van der Waals surface area contributed by atoms with Gasteiger partial charge in [-0.15, -0.1) is 0 Å². The van der Waals surface area contributed by atoms with Crippen LogP contribution in [0.5, 0.6) is 0 Å². The first-order valence-corrected chi connectivity index (χ1v) is 6.21. The van der Waals surface area contributed by atoms with Gasteiger partial charge in [0.05, 0.1) is 0 Å². The van der Waals surface area contributed by atoms with Crippen molar-refractivity contribution in [3.05, 3.63) is 11.1 Å². The molecule has 1 saturated heterocycles. The first kappa shape index (κ1) is 16.7. The number of Topliss-reactive ketones (excluding diaryl/α,β-unsaturated/α-hetero) is 3. The minimum absolute atomic E-state index is 0.208. The maximum absolute atomic E-state index is 11.0. The van der Waals surface area contributed by atoms with Crippen molar-refractivity contribution >= 4 is 29.3 Å². The number of ether oxygens (including phenoxy) is 2. The zero-order valence-corrected chi connectivity index (χ0v) is 12.3. The number of rotatable bonds is 2. The first-order valence-electron chi connectivity index (χ1n) is 6.21. The summed E-state index contributed by atoms with van der Waals surface area (Å²) in [5.41, 5.74) is -0.572. The van der Waals surface area contributed by atoms with Gasteiger partial charge >= 0.3 is 11.9 Å². The van der Waals surface area contributed by atoms with Crippen LogP contribution in [-0.4, -0.2) is 42.5 Å². The van der Waals surface area contributed by atoms with E-state index in [0.717, 1.165) is 5.57 Å². The van der Waals surface area contributed by atoms with E-state index in [0.29, 0.717) is 0 Å². The summed E-state index contributed by atoms with van der Waals surface area (Å²) < 4.78 is 9.04. The van der Waals surface area contributed by atoms with Crippen LogP contribution in [0.3, 0.4) is 0 Å². The van der Waals surface area contributed by atoms with Crippen LogP contribution in [-0.2, 0) is 33.4 Å². The van der Waals surface area contributed by atoms with Gasteiger partial charge < -0.3 is 9.47 Å². The SMILES string of the molecule is CC(=O)C1(C)C(=O)COC1=O.CC(=O)C1=C(C)COC1=O. The first-order chi connectivity index (χ1) is 9.62. The summed E-state index contributed by atoms with van der Waals surface area (Å²) in [5.74, 6) is -2.32. The average Bonchev–Trinajstić information content (AvgIpc) is 2.85. The van der Waals surface area contributed by atoms with Gasteiger partial charge in [-0.2, -0.15) is 0 Å². The zero-order valence-electron chi connectivity index (χ0n) is 12.3. The number of hydrogen-bond acceptors (Lipinski definition) is 7. The third-order valence-electron chi connectivity index (χ3n) is 3.41. The third kappa shape index (κ3) is 3.07. The quantitative estimate of drug-likeness (QED) is 0.406. The Kier molecular flexibility index (Phi) is 4.77. The molecule has 0 aliphatic carbocycles. The maximum Gasteiger partial charge on any atom is 0.342 e. The number of ketones is 3. The largest absolute Gasteiger partial charge is 0.457 e. The van der Waals surface area contributed by atoms with E-state index in [1.807, 2.05) is 0 Å². The third-order valence-corrected chi connectivity index (χ3v) is 3.41. The lowest BCUT2D eigenvalue weighted by Gasteiger charge is -2.11. The van der Waals surface area contributed by atoms with Gasteiger partial charge in [-0.3, -0.25) is 19.2 Å². The van der Waals surface area contributed by atoms with E-state index in [2.05, 4.69) is 9.47 Å². The zero-order chi connectivity index (χ0) is 16.4. The number of esters is 2. The summed E-state index contributed by atoms with van der Waals surface area (Å²) in [7, 11) is 0. The maximum atomic E-state index is 11.0. The molecule has 1 fully saturated rings. The van der Waals surface area contributed by atoms with Crippen molar-refractivity contribution in [2.45, 2.75) is 27.7 Å². The van der Waals surface area contributed by atoms with Crippen LogP contribution in [0.25, 0.3) is 0 Å². The molecule has 0 aromatic heterocycles. The van der Waals surface area contributed by atoms with Crippen LogP contribution in [0.15, 0.2) is 11.1 Å². The Morgan fingerprint density at radius 2 is 1.62 bits per heavy atom. The van der Waals surface area contributed by atoms with E-state index >= 15 is 0 Å². The normalized spacial score (nSPS) is 24.3. The number of cyclic esters (lactones) is 2. The lowest BCUT2D eigenvalue weighted by molar-refractivity contribution is -0.150. The van der Waals surface area contributed by atoms with Gasteiger partial charge in [-0.05, 0) is 33.3 Å². The Balaban J connectivity index is 0.000000211. The van der Waals surface area contributed by atoms with Crippen molar-refractivity contribution in [1.82, 2.24) is 0 Å². The van der Waals surface area contributed by atoms with Crippen LogP contribution in [0.4, 0.5) is 0 Å². The van der Waals surface area contributed by atoms with E-state index < -0.39 is 28.9 Å². The topological polar surface area (TPSA) is 104 Å². The van der Waals surface area contributed by atoms with Crippen molar-refractivity contribution in [1.29, 1.82) is 0 Å². The predicted octanol–water partition coefficient (Wildman–Crippen LogP) is 0.156. The standard InChI is InChI=1S/C7H8O4.C7H8O3/c1-4(8)7(2)5(9)3-11-6(7)10;1-4-3-10-7(9)6(4)5(2)8/h3H2,1-2H3;3H2,1-2H3. The van der Waals surface area contributed by atoms with Crippen molar-refractivity contribution < 1.29 is 33.4 Å². The second-order valence-electron chi connectivity index (χ2n) is 4.97. The highest BCUT2D eigenvalue weighted by molar-refractivity contribution is 6.24. The van der Waals surface area contributed by atoms with Gasteiger partial charge in [0.1, 0.15) is 12.2 Å². The second kappa shape index (κ2) is 5.99. The van der Waals surface area contributed by atoms with Crippen LogP contribution in [0.1, 0.15) is 27.7 Å². The van der Waals surface area contributed by atoms with E-state index in [4.69, 9.17) is 0 Å². The smallest absolute Gasteiger partial charge is 0.342 e. The number of hydrogen-bond donors (Lipinski definition) is 0. The second-order valence-corrected chi connectivity index (χ2v) is 4.97. The van der Waals surface area contributed by atoms with Gasteiger partial charge in [-0.1, -0.05) is 0 Å². The van der Waals surface area contributed by atoms with Crippen molar-refractivity contribution in [2.75, 3.05) is 13.2 Å². The molecule has 7 heteroatoms. The summed E-state index contributed by atoms with van der Waals surface area (Å²) in [6.07, 6.45) is 0. The molecule has 1 atom stereocenters. The molecule has 0 radical (unpaired) electrons. The molecule has 114 valence electrons. The number of carbonyl (C=O) groups is 5. The Labute approximate surface area is 121 Å². The molecule has 0 amide bonds. The summed E-state index contributed by atoms with van der Waals surface area (Å²) in [5, 5.41) is 0. The molecular weight excluding hydrogens is 280 g/mol. The van der Waals surface area contributed by atoms with Crippen molar-refractivity contribution in [3.63, 3.8) is 0 Å². The molecule has 0 aromatic rings. The molecular formula is C14H16O7. The number of carbonyl (C=O) groups excluding carboxylic acids is 5. The molecule has 2 rings (SSSR count). The Morgan fingerprint density at radius 1 is 1.05 bits per heavy atom. The Bertz CT molecular complexity index is 552. The monoisotopic (exact) mass is 296 g/mol. The summed E-state index contributed by atoms with van der Waals surface area (Å²) >= 11 is 0. The van der Waals surface area contributed by atoms with Gasteiger partial charge in [0, 0.05) is 0 Å². The predicted molar refractivity (Wildman–Crippen MR) is 69.1 cm³/mol. The molecule has 0 aromatic carbocycles. The van der Waals surface area contributed by atoms with Gasteiger partial charge in [-0.25, -0.2) is 4.79 Å². The lowest BCUT2D eigenvalue weighted by Crippen LogP contribution is -2.37. The van der Waals surface area contributed by atoms with Crippen LogP contribution >= 0.6 is 0 Å². The Hall–Kier alpha value is -2.31. The molecule has 0 N–H and O–H groups in total. The summed E-state index contributed by atoms with van der Waals surface area (Å²) in [4.78, 5) is 54.2. The van der Waals surface area contributed by atoms with Crippen LogP contribution < -0.4 is 0 Å². The summed E-state index contributed by atoms with van der Waals surface area (Å²) in [6, 6.07) is 0. The Morgan fingerprint density at radius 3 is 1.81 bits per heavy atom. The fraction of sp³-hybridized carbons (Fsp3) is 0.500. The van der Waals surface area contributed by atoms with Crippen molar-refractivity contribution in [2.24, 2.45) is 5.41 Å². The highest BCUT2D eigenvalue weighted by Gasteiger charge is 2.52. The minimum Gasteiger partial charge on any atom is -0.457 e. The van der Waals surface area contributed by atoms with E-state index in [1.165, 1.54) is 20.8 Å². The molecule has 21 heavy (non-hydrogen) atoms. The molecule has 2 aliphatic heterocycles. The molecule has 2 heterocycles. The molecule has 7 nitrogen and oxygen atoms in total. The van der Waals surface area contributed by atoms with Gasteiger partial charge in [0.2, 0.25) is 0 Å². The van der Waals surface area contributed by atoms with Crippen LogP contribution in [0.2, 0.25) is 0 Å². The molecule has 0 saturated carbocycles. The lowest BCUT2D eigenvalue weighted by atomic mass is 9.84.